The summed E-state index contributed by atoms with van der Waals surface area (Å²) >= 11 is 0. The van der Waals surface area contributed by atoms with E-state index in [1.165, 1.54) is 12.1 Å². The van der Waals surface area contributed by atoms with Crippen LogP contribution in [0, 0.1) is 10.1 Å². The van der Waals surface area contributed by atoms with Crippen molar-refractivity contribution in [3.63, 3.8) is 0 Å². The Morgan fingerprint density at radius 1 is 1.29 bits per heavy atom. The Balaban J connectivity index is 2.24. The van der Waals surface area contributed by atoms with Gasteiger partial charge in [0.15, 0.2) is 0 Å². The van der Waals surface area contributed by atoms with E-state index in [0.29, 0.717) is 11.7 Å². The minimum absolute atomic E-state index is 0.0119. The lowest BCUT2D eigenvalue weighted by atomic mass is 10.1. The van der Waals surface area contributed by atoms with E-state index in [-0.39, 0.29) is 11.3 Å². The average Bonchev–Trinajstić information content (AvgIpc) is 2.46. The van der Waals surface area contributed by atoms with Gasteiger partial charge in [-0.3, -0.25) is 15.0 Å². The fourth-order valence-electron chi connectivity index (χ4n) is 2.56. The van der Waals surface area contributed by atoms with Gasteiger partial charge in [0.2, 0.25) is 0 Å². The number of benzene rings is 1. The number of piperazine rings is 1. The maximum absolute atomic E-state index is 11.4. The van der Waals surface area contributed by atoms with Crippen LogP contribution in [0.4, 0.5) is 11.4 Å². The molecule has 1 aromatic carbocycles. The van der Waals surface area contributed by atoms with Crippen LogP contribution >= 0.6 is 0 Å². The van der Waals surface area contributed by atoms with E-state index in [2.05, 4.69) is 18.7 Å². The molecule has 0 aliphatic carbocycles. The summed E-state index contributed by atoms with van der Waals surface area (Å²) in [5, 5.41) is 20.1. The summed E-state index contributed by atoms with van der Waals surface area (Å²) in [6, 6.07) is 4.48. The number of anilines is 1. The summed E-state index contributed by atoms with van der Waals surface area (Å²) in [4.78, 5) is 25.8. The maximum atomic E-state index is 11.4. The largest absolute Gasteiger partial charge is 0.478 e. The van der Waals surface area contributed by atoms with E-state index in [4.69, 9.17) is 0 Å². The molecule has 7 heteroatoms. The number of hydrogen-bond donors (Lipinski definition) is 1. The summed E-state index contributed by atoms with van der Waals surface area (Å²) in [5.74, 6) is -1.14. The van der Waals surface area contributed by atoms with Crippen molar-refractivity contribution in [1.82, 2.24) is 4.90 Å². The van der Waals surface area contributed by atoms with Crippen LogP contribution in [0.25, 0.3) is 0 Å². The molecule has 114 valence electrons. The number of aromatic carboxylic acids is 1. The van der Waals surface area contributed by atoms with E-state index in [1.54, 1.807) is 0 Å². The van der Waals surface area contributed by atoms with Crippen LogP contribution in [0.2, 0.25) is 0 Å². The van der Waals surface area contributed by atoms with Crippen molar-refractivity contribution >= 4 is 17.3 Å². The van der Waals surface area contributed by atoms with E-state index in [1.807, 2.05) is 4.90 Å². The number of carbonyl (C=O) groups is 1. The van der Waals surface area contributed by atoms with Crippen molar-refractivity contribution in [1.29, 1.82) is 0 Å². The smallest absolute Gasteiger partial charge is 0.338 e. The number of nitro groups is 1. The van der Waals surface area contributed by atoms with Crippen molar-refractivity contribution < 1.29 is 14.8 Å². The molecule has 7 nitrogen and oxygen atoms in total. The third kappa shape index (κ3) is 3.30. The molecular weight excluding hydrogens is 274 g/mol. The Labute approximate surface area is 122 Å². The Bertz CT molecular complexity index is 551. The zero-order valence-corrected chi connectivity index (χ0v) is 12.2. The first-order valence-corrected chi connectivity index (χ1v) is 6.91. The monoisotopic (exact) mass is 293 g/mol. The van der Waals surface area contributed by atoms with E-state index < -0.39 is 10.9 Å². The maximum Gasteiger partial charge on any atom is 0.338 e. The van der Waals surface area contributed by atoms with Crippen molar-refractivity contribution in [2.75, 3.05) is 31.1 Å². The molecule has 1 fully saturated rings. The number of nitro benzene ring substituents is 1. The molecule has 0 unspecified atom stereocenters. The first kappa shape index (κ1) is 15.2. The van der Waals surface area contributed by atoms with Crippen molar-refractivity contribution in [3.8, 4) is 0 Å². The van der Waals surface area contributed by atoms with Crippen molar-refractivity contribution in [2.24, 2.45) is 0 Å². The van der Waals surface area contributed by atoms with Gasteiger partial charge in [0.1, 0.15) is 0 Å². The minimum Gasteiger partial charge on any atom is -0.478 e. The molecule has 1 aliphatic heterocycles. The van der Waals surface area contributed by atoms with Gasteiger partial charge in [0.05, 0.1) is 16.2 Å². The molecule has 0 aromatic heterocycles. The number of carboxylic acids is 1. The van der Waals surface area contributed by atoms with Gasteiger partial charge in [-0.1, -0.05) is 0 Å². The van der Waals surface area contributed by atoms with Crippen LogP contribution in [0.5, 0.6) is 0 Å². The van der Waals surface area contributed by atoms with Gasteiger partial charge < -0.3 is 10.0 Å². The zero-order valence-electron chi connectivity index (χ0n) is 12.2. The lowest BCUT2D eigenvalue weighted by molar-refractivity contribution is -0.384. The standard InChI is InChI=1S/C14H19N3O4/c1-10(2)15-5-7-16(8-6-15)13-4-3-11(17(20)21)9-12(13)14(18)19/h3-4,9-10H,5-8H2,1-2H3,(H,18,19). The highest BCUT2D eigenvalue weighted by molar-refractivity contribution is 5.95. The first-order chi connectivity index (χ1) is 9.90. The second-order valence-corrected chi connectivity index (χ2v) is 5.38. The third-order valence-electron chi connectivity index (χ3n) is 3.81. The molecule has 0 saturated carbocycles. The molecule has 1 saturated heterocycles. The Kier molecular flexibility index (Phi) is 4.42. The highest BCUT2D eigenvalue weighted by atomic mass is 16.6. The first-order valence-electron chi connectivity index (χ1n) is 6.91. The molecule has 0 spiro atoms. The third-order valence-corrected chi connectivity index (χ3v) is 3.81. The van der Waals surface area contributed by atoms with Crippen LogP contribution in [0.1, 0.15) is 24.2 Å². The molecule has 0 radical (unpaired) electrons. The van der Waals surface area contributed by atoms with E-state index in [0.717, 1.165) is 32.2 Å². The molecule has 0 atom stereocenters. The summed E-state index contributed by atoms with van der Waals surface area (Å²) in [7, 11) is 0. The summed E-state index contributed by atoms with van der Waals surface area (Å²) in [6.45, 7) is 7.41. The SMILES string of the molecule is CC(C)N1CCN(c2ccc([N+](=O)[O-])cc2C(=O)O)CC1. The Hall–Kier alpha value is -2.15. The minimum atomic E-state index is -1.14. The van der Waals surface area contributed by atoms with Gasteiger partial charge in [-0.05, 0) is 19.9 Å². The highest BCUT2D eigenvalue weighted by Gasteiger charge is 2.24. The van der Waals surface area contributed by atoms with Crippen molar-refractivity contribution in [2.45, 2.75) is 19.9 Å². The van der Waals surface area contributed by atoms with Crippen molar-refractivity contribution in [3.05, 3.63) is 33.9 Å². The van der Waals surface area contributed by atoms with Gasteiger partial charge in [-0.15, -0.1) is 0 Å². The van der Waals surface area contributed by atoms with Crippen LogP contribution < -0.4 is 4.90 Å². The predicted octanol–water partition coefficient (Wildman–Crippen LogP) is 1.82. The van der Waals surface area contributed by atoms with Crippen LogP contribution in [0.3, 0.4) is 0 Å². The molecular formula is C14H19N3O4. The molecule has 21 heavy (non-hydrogen) atoms. The van der Waals surface area contributed by atoms with E-state index in [9.17, 15) is 20.0 Å². The second kappa shape index (κ2) is 6.09. The number of rotatable bonds is 4. The number of nitrogens with zero attached hydrogens (tertiary/aromatic N) is 3. The van der Waals surface area contributed by atoms with Crippen LogP contribution in [0.15, 0.2) is 18.2 Å². The fraction of sp³-hybridized carbons (Fsp3) is 0.500. The molecule has 1 aromatic rings. The molecule has 1 N–H and O–H groups in total. The van der Waals surface area contributed by atoms with Gasteiger partial charge in [-0.2, -0.15) is 0 Å². The zero-order chi connectivity index (χ0) is 15.6. The highest BCUT2D eigenvalue weighted by Crippen LogP contribution is 2.26. The number of carboxylic acid groups (broad SMARTS) is 1. The summed E-state index contributed by atoms with van der Waals surface area (Å²) < 4.78 is 0. The number of hydrogen-bond acceptors (Lipinski definition) is 5. The molecule has 0 amide bonds. The molecule has 0 bridgehead atoms. The normalized spacial score (nSPS) is 16.2. The van der Waals surface area contributed by atoms with Gasteiger partial charge in [0, 0.05) is 44.4 Å². The van der Waals surface area contributed by atoms with Gasteiger partial charge >= 0.3 is 5.97 Å². The average molecular weight is 293 g/mol. The van der Waals surface area contributed by atoms with E-state index >= 15 is 0 Å². The topological polar surface area (TPSA) is 86.9 Å². The lowest BCUT2D eigenvalue weighted by Gasteiger charge is -2.38. The summed E-state index contributed by atoms with van der Waals surface area (Å²) in [5.41, 5.74) is 0.343. The second-order valence-electron chi connectivity index (χ2n) is 5.38. The molecule has 1 heterocycles. The van der Waals surface area contributed by atoms with Gasteiger partial charge in [0.25, 0.3) is 5.69 Å². The Morgan fingerprint density at radius 3 is 2.38 bits per heavy atom. The predicted molar refractivity (Wildman–Crippen MR) is 79.0 cm³/mol. The van der Waals surface area contributed by atoms with Crippen LogP contribution in [-0.2, 0) is 0 Å². The summed E-state index contributed by atoms with van der Waals surface area (Å²) in [6.07, 6.45) is 0. The van der Waals surface area contributed by atoms with Gasteiger partial charge in [-0.25, -0.2) is 4.79 Å². The molecule has 2 rings (SSSR count). The quantitative estimate of drug-likeness (QED) is 0.673. The number of non-ortho nitro benzene ring substituents is 1. The Morgan fingerprint density at radius 2 is 1.90 bits per heavy atom. The molecule has 1 aliphatic rings. The lowest BCUT2D eigenvalue weighted by Crippen LogP contribution is -2.49. The fourth-order valence-corrected chi connectivity index (χ4v) is 2.56. The van der Waals surface area contributed by atoms with Crippen LogP contribution in [-0.4, -0.2) is 53.1 Å².